The first-order chi connectivity index (χ1) is 8.90. The summed E-state index contributed by atoms with van der Waals surface area (Å²) in [6, 6.07) is 2.08. The van der Waals surface area contributed by atoms with Crippen molar-refractivity contribution in [2.45, 2.75) is 6.30 Å². The molecule has 0 saturated carbocycles. The Labute approximate surface area is 113 Å². The van der Waals surface area contributed by atoms with Crippen molar-refractivity contribution < 1.29 is 44.1 Å². The van der Waals surface area contributed by atoms with Gasteiger partial charge in [-0.05, 0) is 0 Å². The summed E-state index contributed by atoms with van der Waals surface area (Å²) >= 11 is -11.2. The maximum atomic E-state index is 12.0. The molecule has 21 heavy (non-hydrogen) atoms. The summed E-state index contributed by atoms with van der Waals surface area (Å²) in [6.45, 7) is 0. The molecule has 0 amide bonds. The molecule has 0 bridgehead atoms. The van der Waals surface area contributed by atoms with Gasteiger partial charge in [-0.15, -0.1) is 17.7 Å². The van der Waals surface area contributed by atoms with Crippen LogP contribution in [0.1, 0.15) is 10.4 Å². The Hall–Kier alpha value is -1.19. The average molecular weight is 442 g/mol. The Morgan fingerprint density at radius 1 is 1.05 bits per heavy atom. The summed E-state index contributed by atoms with van der Waals surface area (Å²) in [7, 11) is 1.16. The molecule has 1 aromatic heterocycles. The molecule has 0 aliphatic carbocycles. The van der Waals surface area contributed by atoms with E-state index >= 15 is 0 Å². The number of ether oxygens (including phenoxy) is 1. The Kier molecular flexibility index (Phi) is 4.92. The quantitative estimate of drug-likeness (QED) is 0.289. The third-order valence-corrected chi connectivity index (χ3v) is 1.54. The predicted octanol–water partition coefficient (Wildman–Crippen LogP) is 3.38. The monoisotopic (exact) mass is 441 g/mol. The van der Waals surface area contributed by atoms with Gasteiger partial charge in [0.25, 0.3) is 0 Å². The molecule has 1 rings (SSSR count). The first kappa shape index (κ1) is 19.8. The normalized spacial score (nSPS) is 15.1. The van der Waals surface area contributed by atoms with Gasteiger partial charge in [-0.1, -0.05) is 0 Å². The van der Waals surface area contributed by atoms with E-state index < -0.39 is 31.7 Å². The summed E-state index contributed by atoms with van der Waals surface area (Å²) in [5.41, 5.74) is 0.0769. The Morgan fingerprint density at radius 2 is 1.38 bits per heavy atom. The van der Waals surface area contributed by atoms with Gasteiger partial charge in [-0.3, -0.25) is 0 Å². The van der Waals surface area contributed by atoms with Crippen LogP contribution in [0.25, 0.3) is 0 Å². The number of hydrogen-bond donors (Lipinski definition) is 0. The number of nitrogens with zero attached hydrogens (tertiary/aromatic N) is 1. The van der Waals surface area contributed by atoms with Crippen molar-refractivity contribution >= 4 is 25.4 Å². The van der Waals surface area contributed by atoms with Gasteiger partial charge >= 0.3 is 48.6 Å². The maximum absolute atomic E-state index is 12.0. The Bertz CT molecular complexity index is 493. The standard InChI is InChI=1S/C8H7F3NO2.6FH.Sb/c1-14-7(13)6-2-4-12(5-3-6)8(9,10)11;;;;;;;/h2-5H,1H3;6*1H;/q+1;;;;;;;+5/p-6. The zero-order valence-corrected chi connectivity index (χ0v) is 12.5. The molecule has 1 heterocycles. The van der Waals surface area contributed by atoms with E-state index in [2.05, 4.69) is 4.74 Å². The summed E-state index contributed by atoms with van der Waals surface area (Å²) in [4.78, 5) is 10.9. The second kappa shape index (κ2) is 5.22. The molecule has 0 aliphatic rings. The van der Waals surface area contributed by atoms with E-state index in [1.54, 1.807) is 0 Å². The van der Waals surface area contributed by atoms with Gasteiger partial charge in [0.2, 0.25) is 0 Å². The second-order valence-electron chi connectivity index (χ2n) is 3.41. The van der Waals surface area contributed by atoms with Gasteiger partial charge in [-0.2, -0.15) is 0 Å². The van der Waals surface area contributed by atoms with Crippen LogP contribution < -0.4 is 4.57 Å². The molecule has 3 nitrogen and oxygen atoms in total. The molecule has 0 radical (unpaired) electrons. The van der Waals surface area contributed by atoms with Crippen LogP contribution in [0.5, 0.6) is 0 Å². The molecule has 0 fully saturated rings. The Balaban J connectivity index is 0.000000486. The van der Waals surface area contributed by atoms with E-state index in [0.717, 1.165) is 31.6 Å². The van der Waals surface area contributed by atoms with Crippen molar-refractivity contribution in [2.24, 2.45) is 0 Å². The molecule has 0 N–H and O–H groups in total. The number of esters is 1. The first-order valence-electron chi connectivity index (χ1n) is 4.63. The fraction of sp³-hybridized carbons (Fsp3) is 0.250. The van der Waals surface area contributed by atoms with E-state index in [9.17, 15) is 34.8 Å². The number of halogens is 9. The summed E-state index contributed by atoms with van der Waals surface area (Å²) < 4.78 is 100. The van der Waals surface area contributed by atoms with Crippen molar-refractivity contribution in [1.82, 2.24) is 0 Å². The third-order valence-electron chi connectivity index (χ3n) is 1.54. The minimum atomic E-state index is -11.2. The number of hydrogen-bond acceptors (Lipinski definition) is 2. The van der Waals surface area contributed by atoms with E-state index in [1.165, 1.54) is 0 Å². The number of aromatic nitrogens is 1. The molecule has 0 unspecified atom stereocenters. The number of methoxy groups -OCH3 is 1. The Morgan fingerprint density at radius 3 is 1.62 bits per heavy atom. The summed E-state index contributed by atoms with van der Waals surface area (Å²) in [5.74, 6) is -0.667. The van der Waals surface area contributed by atoms with E-state index in [1.807, 2.05) is 0 Å². The van der Waals surface area contributed by atoms with Gasteiger partial charge in [0.05, 0.1) is 12.7 Å². The van der Waals surface area contributed by atoms with Crippen LogP contribution in [0, 0.1) is 0 Å². The first-order valence-corrected chi connectivity index (χ1v) is 10.4. The molecular formula is C8H7F9NO2Sb. The predicted molar refractivity (Wildman–Crippen MR) is 51.7 cm³/mol. The van der Waals surface area contributed by atoms with Crippen molar-refractivity contribution in [2.75, 3.05) is 7.11 Å². The summed E-state index contributed by atoms with van der Waals surface area (Å²) in [6.07, 6.45) is -2.95. The topological polar surface area (TPSA) is 30.2 Å². The van der Waals surface area contributed by atoms with Crippen molar-refractivity contribution in [3.63, 3.8) is 0 Å². The van der Waals surface area contributed by atoms with Crippen LogP contribution in [-0.2, 0) is 11.0 Å². The van der Waals surface area contributed by atoms with Gasteiger partial charge < -0.3 is 4.74 Å². The minimum absolute atomic E-state index is 0.0411. The van der Waals surface area contributed by atoms with E-state index in [-0.39, 0.29) is 10.1 Å². The molecule has 0 spiro atoms. The van der Waals surface area contributed by atoms with E-state index in [4.69, 9.17) is 0 Å². The van der Waals surface area contributed by atoms with Gasteiger partial charge in [-0.25, -0.2) is 4.79 Å². The third kappa shape index (κ3) is 12.3. The molecule has 13 heteroatoms. The zero-order valence-electron chi connectivity index (χ0n) is 9.92. The van der Waals surface area contributed by atoms with Gasteiger partial charge in [0.1, 0.15) is 0 Å². The number of carbonyl (C=O) groups excluding carboxylic acids is 1. The molecular weight excluding hydrogens is 435 g/mol. The average Bonchev–Trinajstić information content (AvgIpc) is 2.23. The van der Waals surface area contributed by atoms with Crippen LogP contribution in [0.4, 0.5) is 30.0 Å². The van der Waals surface area contributed by atoms with Crippen LogP contribution in [-0.4, -0.2) is 32.6 Å². The molecule has 0 saturated heterocycles. The number of pyridine rings is 1. The van der Waals surface area contributed by atoms with Crippen LogP contribution >= 0.6 is 0 Å². The molecule has 124 valence electrons. The molecule has 1 aromatic rings. The van der Waals surface area contributed by atoms with Crippen molar-refractivity contribution in [3.8, 4) is 0 Å². The van der Waals surface area contributed by atoms with Crippen molar-refractivity contribution in [1.29, 1.82) is 0 Å². The molecule has 0 atom stereocenters. The number of alkyl halides is 3. The van der Waals surface area contributed by atoms with Crippen LogP contribution in [0.15, 0.2) is 24.5 Å². The summed E-state index contributed by atoms with van der Waals surface area (Å²) in [5, 5.41) is 0. The van der Waals surface area contributed by atoms with Crippen LogP contribution in [0.2, 0.25) is 0 Å². The van der Waals surface area contributed by atoms with Crippen molar-refractivity contribution in [3.05, 3.63) is 30.1 Å². The molecule has 0 aliphatic heterocycles. The zero-order chi connectivity index (χ0) is 17.2. The van der Waals surface area contributed by atoms with Gasteiger partial charge in [0.15, 0.2) is 12.4 Å². The second-order valence-corrected chi connectivity index (χ2v) is 8.88. The fourth-order valence-electron chi connectivity index (χ4n) is 0.849. The van der Waals surface area contributed by atoms with Gasteiger partial charge in [0, 0.05) is 12.1 Å². The number of carbonyl (C=O) groups is 1. The molecule has 0 aromatic carbocycles. The van der Waals surface area contributed by atoms with E-state index in [0.29, 0.717) is 0 Å². The SMILES string of the molecule is COC(=O)c1cc[n+](C(F)(F)F)cc1.[F][Sb-]([F])([F])([F])([F])[F]. The van der Waals surface area contributed by atoms with Crippen LogP contribution in [0.3, 0.4) is 0 Å². The number of rotatable bonds is 1. The fourth-order valence-corrected chi connectivity index (χ4v) is 0.849.